The van der Waals surface area contributed by atoms with Crippen LogP contribution < -0.4 is 21.3 Å². The summed E-state index contributed by atoms with van der Waals surface area (Å²) in [4.78, 5) is 54.2. The number of hydrogen-bond donors (Lipinski definition) is 6. The lowest BCUT2D eigenvalue weighted by molar-refractivity contribution is 0.0684. The number of amides is 1. The number of nitrogens with zero attached hydrogens (tertiary/aromatic N) is 3. The van der Waals surface area contributed by atoms with E-state index in [1.54, 1.807) is 24.3 Å². The summed E-state index contributed by atoms with van der Waals surface area (Å²) in [5.74, 6) is 0.112. The van der Waals surface area contributed by atoms with E-state index in [1.165, 1.54) is 0 Å². The van der Waals surface area contributed by atoms with Crippen molar-refractivity contribution < 1.29 is 24.6 Å². The maximum atomic E-state index is 13.1. The van der Waals surface area contributed by atoms with Gasteiger partial charge in [0, 0.05) is 28.2 Å². The third-order valence-corrected chi connectivity index (χ3v) is 14.5. The van der Waals surface area contributed by atoms with Crippen LogP contribution in [0.2, 0.25) is 0 Å². The molecule has 1 aromatic heterocycles. The number of unbranched alkanes of at least 4 members (excludes halogenated alkanes) is 4. The number of aromatic nitrogens is 3. The van der Waals surface area contributed by atoms with Crippen molar-refractivity contribution in [2.24, 2.45) is 23.7 Å². The van der Waals surface area contributed by atoms with Crippen LogP contribution in [0.4, 0.5) is 34.9 Å². The fraction of sp³-hybridized carbons (Fsp3) is 0.600. The largest absolute Gasteiger partial charge is 0.478 e. The molecule has 0 spiro atoms. The van der Waals surface area contributed by atoms with Gasteiger partial charge in [0.05, 0.1) is 11.1 Å². The molecule has 0 aliphatic rings. The van der Waals surface area contributed by atoms with Crippen molar-refractivity contribution in [2.75, 3.05) is 16.0 Å². The summed E-state index contributed by atoms with van der Waals surface area (Å²) in [5, 5.41) is 35.0. The quantitative estimate of drug-likeness (QED) is 0.0268. The normalized spacial score (nSPS) is 13.3. The molecule has 0 radical (unpaired) electrons. The second-order valence-electron chi connectivity index (χ2n) is 21.3. The van der Waals surface area contributed by atoms with Gasteiger partial charge in [0.15, 0.2) is 0 Å². The van der Waals surface area contributed by atoms with Crippen molar-refractivity contribution in [3.05, 3.63) is 87.5 Å². The Morgan fingerprint density at radius 1 is 0.472 bits per heavy atom. The van der Waals surface area contributed by atoms with Crippen LogP contribution in [-0.2, 0) is 25.7 Å². The Kier molecular flexibility index (Phi) is 24.5. The van der Waals surface area contributed by atoms with Crippen LogP contribution in [-0.4, -0.2) is 48.5 Å². The van der Waals surface area contributed by atoms with Gasteiger partial charge in [-0.15, -0.1) is 0 Å². The van der Waals surface area contributed by atoms with Crippen molar-refractivity contribution >= 4 is 52.8 Å². The first-order chi connectivity index (χ1) is 34.5. The maximum Gasteiger partial charge on any atom is 0.335 e. The topological polar surface area (TPSA) is 178 Å². The highest BCUT2D eigenvalue weighted by Crippen LogP contribution is 2.37. The zero-order chi connectivity index (χ0) is 52.8. The number of aromatic carboxylic acids is 2. The van der Waals surface area contributed by atoms with Gasteiger partial charge in [0.25, 0.3) is 5.91 Å². The molecule has 6 N–H and O–H groups in total. The van der Waals surface area contributed by atoms with E-state index in [0.717, 1.165) is 136 Å². The smallest absolute Gasteiger partial charge is 0.335 e. The summed E-state index contributed by atoms with van der Waals surface area (Å²) in [6.07, 6.45) is 19.4. The minimum atomic E-state index is -0.926. The maximum absolute atomic E-state index is 13.1. The molecule has 4 rings (SSSR count). The number of rotatable bonds is 33. The molecule has 12 heteroatoms. The Morgan fingerprint density at radius 2 is 0.806 bits per heavy atom. The molecule has 3 aromatic carbocycles. The Labute approximate surface area is 433 Å². The van der Waals surface area contributed by atoms with E-state index in [9.17, 15) is 24.6 Å². The second kappa shape index (κ2) is 29.9. The average molecular weight is 990 g/mol. The summed E-state index contributed by atoms with van der Waals surface area (Å²) in [6, 6.07) is 14.3. The predicted octanol–water partition coefficient (Wildman–Crippen LogP) is 16.1. The SMILES string of the molecule is CCCCC(CC)Cc1c(Nc2nc(Nc3ccc(C(=O)NC(C)(C)C)cc3)nc(Nc3ccc(C(=O)O)c(CC(CC)CCCC)c3CC(CC)CCCC)n2)ccc(C(=O)O)c1CC(CC)CCCC. The summed E-state index contributed by atoms with van der Waals surface area (Å²) in [6.45, 7) is 23.5. The van der Waals surface area contributed by atoms with E-state index in [0.29, 0.717) is 71.7 Å². The van der Waals surface area contributed by atoms with Crippen molar-refractivity contribution in [2.45, 2.75) is 210 Å². The third kappa shape index (κ3) is 18.2. The number of nitrogens with one attached hydrogen (secondary N) is 4. The molecule has 12 nitrogen and oxygen atoms in total. The van der Waals surface area contributed by atoms with E-state index in [4.69, 9.17) is 15.0 Å². The van der Waals surface area contributed by atoms with Crippen molar-refractivity contribution in [1.29, 1.82) is 0 Å². The van der Waals surface area contributed by atoms with Crippen LogP contribution in [0.25, 0.3) is 0 Å². The molecule has 1 heterocycles. The van der Waals surface area contributed by atoms with Crippen LogP contribution in [0.3, 0.4) is 0 Å². The van der Waals surface area contributed by atoms with Gasteiger partial charge < -0.3 is 31.5 Å². The van der Waals surface area contributed by atoms with Gasteiger partial charge in [-0.05, 0) is 141 Å². The number of hydrogen-bond acceptors (Lipinski definition) is 9. The van der Waals surface area contributed by atoms with E-state index in [2.05, 4.69) is 76.7 Å². The van der Waals surface area contributed by atoms with Gasteiger partial charge in [0.1, 0.15) is 0 Å². The van der Waals surface area contributed by atoms with E-state index >= 15 is 0 Å². The number of carboxylic acid groups (broad SMARTS) is 2. The molecule has 0 saturated heterocycles. The van der Waals surface area contributed by atoms with Crippen LogP contribution in [0, 0.1) is 23.7 Å². The molecule has 0 bridgehead atoms. The third-order valence-electron chi connectivity index (χ3n) is 14.5. The molecule has 4 aromatic rings. The first kappa shape index (κ1) is 59.0. The Balaban J connectivity index is 1.98. The number of benzene rings is 3. The van der Waals surface area contributed by atoms with Gasteiger partial charge >= 0.3 is 11.9 Å². The lowest BCUT2D eigenvalue weighted by Crippen LogP contribution is -2.40. The minimum Gasteiger partial charge on any atom is -0.478 e. The summed E-state index contributed by atoms with van der Waals surface area (Å²) in [7, 11) is 0. The molecule has 4 atom stereocenters. The van der Waals surface area contributed by atoms with Gasteiger partial charge in [-0.1, -0.05) is 158 Å². The summed E-state index contributed by atoms with van der Waals surface area (Å²) in [5.41, 5.74) is 6.72. The van der Waals surface area contributed by atoms with Crippen LogP contribution in [0.1, 0.15) is 232 Å². The lowest BCUT2D eigenvalue weighted by Gasteiger charge is -2.25. The number of carbonyl (C=O) groups excluding carboxylic acids is 1. The molecule has 0 aliphatic carbocycles. The second-order valence-corrected chi connectivity index (χ2v) is 21.3. The number of anilines is 6. The zero-order valence-corrected chi connectivity index (χ0v) is 46.0. The lowest BCUT2D eigenvalue weighted by atomic mass is 9.82. The Bertz CT molecular complexity index is 2200. The van der Waals surface area contributed by atoms with Gasteiger partial charge in [-0.2, -0.15) is 15.0 Å². The van der Waals surface area contributed by atoms with Crippen molar-refractivity contribution in [1.82, 2.24) is 20.3 Å². The highest BCUT2D eigenvalue weighted by molar-refractivity contribution is 5.95. The average Bonchev–Trinajstić information content (AvgIpc) is 3.34. The number of carboxylic acids is 2. The van der Waals surface area contributed by atoms with Crippen molar-refractivity contribution in [3.63, 3.8) is 0 Å². The van der Waals surface area contributed by atoms with Crippen LogP contribution in [0.5, 0.6) is 0 Å². The van der Waals surface area contributed by atoms with Crippen LogP contribution >= 0.6 is 0 Å². The first-order valence-electron chi connectivity index (χ1n) is 27.8. The van der Waals surface area contributed by atoms with E-state index in [-0.39, 0.29) is 23.8 Å². The van der Waals surface area contributed by atoms with Crippen LogP contribution in [0.15, 0.2) is 48.5 Å². The zero-order valence-electron chi connectivity index (χ0n) is 46.0. The van der Waals surface area contributed by atoms with Crippen molar-refractivity contribution in [3.8, 4) is 0 Å². The standard InChI is InChI=1S/C60H91N7O5/c1-12-20-24-40(16-5)36-48-46(55(69)70)32-34-52(50(48)38-42(18-7)26-22-14-3)62-58-64-57(61-45-30-28-44(29-31-45)54(68)67-60(9,10)11)65-59(66-58)63-53-35-33-47(56(71)72)49(37-41(17-6)25-21-13-2)51(53)39-43(19-8)27-23-15-4/h28-35,40-43H,12-27,36-39H2,1-11H3,(H,67,68)(H,69,70)(H,71,72)(H3,61,62,63,64,65,66). The molecule has 4 unspecified atom stereocenters. The molecule has 0 saturated carbocycles. The molecule has 72 heavy (non-hydrogen) atoms. The summed E-state index contributed by atoms with van der Waals surface area (Å²) < 4.78 is 0. The first-order valence-corrected chi connectivity index (χ1v) is 27.8. The highest BCUT2D eigenvalue weighted by Gasteiger charge is 2.26. The fourth-order valence-electron chi connectivity index (χ4n) is 9.91. The molecular weight excluding hydrogens is 899 g/mol. The number of carbonyl (C=O) groups is 3. The summed E-state index contributed by atoms with van der Waals surface area (Å²) >= 11 is 0. The molecular formula is C60H91N7O5. The molecule has 0 fully saturated rings. The van der Waals surface area contributed by atoms with E-state index in [1.807, 2.05) is 45.0 Å². The van der Waals surface area contributed by atoms with E-state index < -0.39 is 17.5 Å². The Morgan fingerprint density at radius 3 is 1.11 bits per heavy atom. The predicted molar refractivity (Wildman–Crippen MR) is 298 cm³/mol. The molecule has 0 aliphatic heterocycles. The highest BCUT2D eigenvalue weighted by atomic mass is 16.4. The fourth-order valence-corrected chi connectivity index (χ4v) is 9.91. The van der Waals surface area contributed by atoms with Gasteiger partial charge in [-0.25, -0.2) is 9.59 Å². The van der Waals surface area contributed by atoms with Gasteiger partial charge in [0.2, 0.25) is 17.8 Å². The van der Waals surface area contributed by atoms with Gasteiger partial charge in [-0.3, -0.25) is 4.79 Å². The minimum absolute atomic E-state index is 0.174. The molecule has 1 amide bonds. The molecule has 396 valence electrons. The Hall–Kier alpha value is -5.52. The monoisotopic (exact) mass is 990 g/mol.